The summed E-state index contributed by atoms with van der Waals surface area (Å²) < 4.78 is 4.30. The molecule has 0 spiro atoms. The second-order valence-corrected chi connectivity index (χ2v) is 7.73. The average Bonchev–Trinajstić information content (AvgIpc) is 3.46. The fraction of sp³-hybridized carbons (Fsp3) is 0.409. The van der Waals surface area contributed by atoms with Gasteiger partial charge < -0.3 is 14.0 Å². The van der Waals surface area contributed by atoms with Gasteiger partial charge in [0, 0.05) is 43.2 Å². The van der Waals surface area contributed by atoms with Gasteiger partial charge >= 0.3 is 0 Å². The number of likely N-dealkylation sites (tertiary alicyclic amines) is 1. The number of aromatic nitrogens is 4. The van der Waals surface area contributed by atoms with E-state index in [1.54, 1.807) is 0 Å². The number of fused-ring (bicyclic) bond motifs is 1. The van der Waals surface area contributed by atoms with Crippen molar-refractivity contribution in [2.75, 3.05) is 6.54 Å². The van der Waals surface area contributed by atoms with Crippen molar-refractivity contribution >= 4 is 5.91 Å². The van der Waals surface area contributed by atoms with E-state index in [1.165, 1.54) is 12.8 Å². The second kappa shape index (κ2) is 7.26. The molecule has 0 radical (unpaired) electrons. The number of aryl methyl sites for hydroxylation is 1. The highest BCUT2D eigenvalue weighted by Gasteiger charge is 2.35. The van der Waals surface area contributed by atoms with Gasteiger partial charge in [-0.25, -0.2) is 0 Å². The molecule has 3 aromatic rings. The lowest BCUT2D eigenvalue weighted by atomic mass is 10.1. The van der Waals surface area contributed by atoms with E-state index >= 15 is 0 Å². The van der Waals surface area contributed by atoms with Crippen LogP contribution in [0, 0.1) is 0 Å². The normalized spacial score (nSPS) is 19.4. The van der Waals surface area contributed by atoms with Gasteiger partial charge in [0.2, 0.25) is 0 Å². The van der Waals surface area contributed by atoms with E-state index in [9.17, 15) is 4.79 Å². The summed E-state index contributed by atoms with van der Waals surface area (Å²) in [6, 6.07) is 11.9. The lowest BCUT2D eigenvalue weighted by molar-refractivity contribution is 0.0727. The molecule has 2 aromatic heterocycles. The first-order valence-corrected chi connectivity index (χ1v) is 10.3. The van der Waals surface area contributed by atoms with Crippen molar-refractivity contribution in [3.63, 3.8) is 0 Å². The molecule has 1 amide bonds. The smallest absolute Gasteiger partial charge is 0.254 e. The zero-order chi connectivity index (χ0) is 18.9. The van der Waals surface area contributed by atoms with Gasteiger partial charge in [-0.05, 0) is 56.0 Å². The van der Waals surface area contributed by atoms with Crippen molar-refractivity contribution in [2.24, 2.45) is 0 Å². The van der Waals surface area contributed by atoms with Crippen molar-refractivity contribution < 1.29 is 4.79 Å². The maximum atomic E-state index is 13.4. The third-order valence-electron chi connectivity index (χ3n) is 5.95. The number of carbonyl (C=O) groups excluding carboxylic acids is 1. The Hall–Kier alpha value is -2.89. The third kappa shape index (κ3) is 3.03. The van der Waals surface area contributed by atoms with Crippen LogP contribution in [0.4, 0.5) is 0 Å². The molecule has 0 saturated carbocycles. The van der Waals surface area contributed by atoms with Crippen LogP contribution >= 0.6 is 0 Å². The highest BCUT2D eigenvalue weighted by Crippen LogP contribution is 2.33. The molecular weight excluding hydrogens is 350 g/mol. The fourth-order valence-corrected chi connectivity index (χ4v) is 4.50. The first-order valence-electron chi connectivity index (χ1n) is 10.3. The van der Waals surface area contributed by atoms with Crippen molar-refractivity contribution in [1.29, 1.82) is 0 Å². The largest absolute Gasteiger partial charge is 0.328 e. The first kappa shape index (κ1) is 17.2. The number of nitrogens with zero attached hydrogens (tertiary/aromatic N) is 5. The van der Waals surface area contributed by atoms with E-state index in [0.717, 1.165) is 61.7 Å². The number of rotatable bonds is 3. The molecule has 1 unspecified atom stereocenters. The molecule has 4 heterocycles. The molecular formula is C22H25N5O. The monoisotopic (exact) mass is 375 g/mol. The van der Waals surface area contributed by atoms with Crippen molar-refractivity contribution in [1.82, 2.24) is 24.2 Å². The molecule has 2 aliphatic rings. The average molecular weight is 375 g/mol. The van der Waals surface area contributed by atoms with Crippen LogP contribution in [-0.2, 0) is 13.0 Å². The van der Waals surface area contributed by atoms with Crippen LogP contribution in [0.2, 0.25) is 0 Å². The maximum absolute atomic E-state index is 13.4. The Bertz CT molecular complexity index is 975. The molecule has 144 valence electrons. The van der Waals surface area contributed by atoms with Crippen LogP contribution in [0.1, 0.15) is 60.2 Å². The van der Waals surface area contributed by atoms with Crippen LogP contribution in [0.25, 0.3) is 5.69 Å². The van der Waals surface area contributed by atoms with E-state index in [0.29, 0.717) is 0 Å². The number of hydrogen-bond donors (Lipinski definition) is 0. The number of carbonyl (C=O) groups is 1. The summed E-state index contributed by atoms with van der Waals surface area (Å²) in [5.41, 5.74) is 1.73. The van der Waals surface area contributed by atoms with Crippen LogP contribution in [-0.4, -0.2) is 36.7 Å². The van der Waals surface area contributed by atoms with Gasteiger partial charge in [-0.15, -0.1) is 10.2 Å². The summed E-state index contributed by atoms with van der Waals surface area (Å²) in [6.45, 7) is 1.75. The Morgan fingerprint density at radius 3 is 2.75 bits per heavy atom. The standard InChI is InChI=1S/C22H25N5O/c28-22(17-8-6-9-18(16-17)25-12-4-5-13-25)26-15-7-10-19(26)21-24-23-20-11-2-1-3-14-27(20)21/h4-6,8-9,12-13,16,19H,1-3,7,10-11,14-15H2. The Labute approximate surface area is 164 Å². The SMILES string of the molecule is O=C(c1cccc(-n2cccc2)c1)N1CCCC1c1nnc2n1CCCCC2. The van der Waals surface area contributed by atoms with Gasteiger partial charge in [0.05, 0.1) is 6.04 Å². The number of amides is 1. The second-order valence-electron chi connectivity index (χ2n) is 7.73. The molecule has 5 rings (SSSR count). The van der Waals surface area contributed by atoms with Crippen molar-refractivity contribution in [3.05, 3.63) is 66.0 Å². The van der Waals surface area contributed by atoms with Gasteiger partial charge in [-0.1, -0.05) is 12.5 Å². The van der Waals surface area contributed by atoms with Crippen LogP contribution in [0.15, 0.2) is 48.8 Å². The Kier molecular flexibility index (Phi) is 4.47. The minimum atomic E-state index is 0.0297. The molecule has 28 heavy (non-hydrogen) atoms. The first-order chi connectivity index (χ1) is 13.8. The molecule has 0 N–H and O–H groups in total. The minimum Gasteiger partial charge on any atom is -0.328 e. The molecule has 1 atom stereocenters. The summed E-state index contributed by atoms with van der Waals surface area (Å²) in [5, 5.41) is 8.97. The molecule has 6 nitrogen and oxygen atoms in total. The van der Waals surface area contributed by atoms with E-state index in [4.69, 9.17) is 0 Å². The van der Waals surface area contributed by atoms with E-state index in [-0.39, 0.29) is 11.9 Å². The zero-order valence-electron chi connectivity index (χ0n) is 16.0. The lowest BCUT2D eigenvalue weighted by Gasteiger charge is -2.25. The number of benzene rings is 1. The highest BCUT2D eigenvalue weighted by molar-refractivity contribution is 5.95. The Morgan fingerprint density at radius 2 is 1.86 bits per heavy atom. The van der Waals surface area contributed by atoms with E-state index in [2.05, 4.69) is 14.8 Å². The van der Waals surface area contributed by atoms with Crippen molar-refractivity contribution in [2.45, 2.75) is 51.1 Å². The molecule has 1 aromatic carbocycles. The van der Waals surface area contributed by atoms with Crippen LogP contribution in [0.5, 0.6) is 0 Å². The van der Waals surface area contributed by atoms with E-state index in [1.807, 2.05) is 58.3 Å². The molecule has 0 aliphatic carbocycles. The molecule has 0 bridgehead atoms. The van der Waals surface area contributed by atoms with Gasteiger partial charge in [-0.3, -0.25) is 4.79 Å². The highest BCUT2D eigenvalue weighted by atomic mass is 16.2. The van der Waals surface area contributed by atoms with E-state index < -0.39 is 0 Å². The van der Waals surface area contributed by atoms with Gasteiger partial charge in [0.1, 0.15) is 5.82 Å². The lowest BCUT2D eigenvalue weighted by Crippen LogP contribution is -2.32. The van der Waals surface area contributed by atoms with Gasteiger partial charge in [-0.2, -0.15) is 0 Å². The molecule has 2 aliphatic heterocycles. The summed E-state index contributed by atoms with van der Waals surface area (Å²) in [6.07, 6.45) is 10.5. The summed E-state index contributed by atoms with van der Waals surface area (Å²) in [5.74, 6) is 2.15. The van der Waals surface area contributed by atoms with Gasteiger partial charge in [0.25, 0.3) is 5.91 Å². The van der Waals surface area contributed by atoms with Gasteiger partial charge in [0.15, 0.2) is 5.82 Å². The Balaban J connectivity index is 1.44. The van der Waals surface area contributed by atoms with Crippen molar-refractivity contribution in [3.8, 4) is 5.69 Å². The minimum absolute atomic E-state index is 0.0297. The molecule has 1 saturated heterocycles. The summed E-state index contributed by atoms with van der Waals surface area (Å²) in [7, 11) is 0. The quantitative estimate of drug-likeness (QED) is 0.700. The summed E-state index contributed by atoms with van der Waals surface area (Å²) in [4.78, 5) is 15.4. The fourth-order valence-electron chi connectivity index (χ4n) is 4.50. The van der Waals surface area contributed by atoms with Crippen LogP contribution in [0.3, 0.4) is 0 Å². The maximum Gasteiger partial charge on any atom is 0.254 e. The predicted octanol–water partition coefficient (Wildman–Crippen LogP) is 3.77. The predicted molar refractivity (Wildman–Crippen MR) is 106 cm³/mol. The van der Waals surface area contributed by atoms with Crippen LogP contribution < -0.4 is 0 Å². The molecule has 1 fully saturated rings. The number of hydrogen-bond acceptors (Lipinski definition) is 3. The summed E-state index contributed by atoms with van der Waals surface area (Å²) >= 11 is 0. The Morgan fingerprint density at radius 1 is 0.964 bits per heavy atom. The third-order valence-corrected chi connectivity index (χ3v) is 5.95. The zero-order valence-corrected chi connectivity index (χ0v) is 16.0. The topological polar surface area (TPSA) is 56.0 Å². The molecule has 6 heteroatoms.